The molecule has 0 amide bonds. The summed E-state index contributed by atoms with van der Waals surface area (Å²) in [5, 5.41) is 9.81. The van der Waals surface area contributed by atoms with Gasteiger partial charge in [-0.2, -0.15) is 15.4 Å². The van der Waals surface area contributed by atoms with Crippen molar-refractivity contribution in [2.45, 2.75) is 5.03 Å². The van der Waals surface area contributed by atoms with Gasteiger partial charge in [-0.3, -0.25) is 0 Å². The Labute approximate surface area is 97.0 Å². The SMILES string of the molecule is [Na+].[Na+].[S-]c1cn[nH]n1. The van der Waals surface area contributed by atoms with Gasteiger partial charge >= 0.3 is 59.1 Å². The zero-order valence-corrected chi connectivity index (χ0v) is 9.70. The van der Waals surface area contributed by atoms with Crippen molar-refractivity contribution in [3.8, 4) is 0 Å². The smallest absolute Gasteiger partial charge is 0.757 e. The van der Waals surface area contributed by atoms with Gasteiger partial charge < -0.3 is 12.6 Å². The molecule has 1 aromatic rings. The summed E-state index contributed by atoms with van der Waals surface area (Å²) in [6, 6.07) is 0. The molecule has 0 radical (unpaired) electrons. The Morgan fingerprint density at radius 3 is 2.25 bits per heavy atom. The van der Waals surface area contributed by atoms with Gasteiger partial charge in [0.05, 0.1) is 0 Å². The van der Waals surface area contributed by atoms with E-state index in [1.54, 1.807) is 0 Å². The van der Waals surface area contributed by atoms with Gasteiger partial charge in [0.15, 0.2) is 0 Å². The average Bonchev–Trinajstić information content (AvgIpc) is 1.86. The quantitative estimate of drug-likeness (QED) is 0.292. The molecule has 0 aliphatic heterocycles. The first kappa shape index (κ1) is 12.1. The van der Waals surface area contributed by atoms with E-state index >= 15 is 0 Å². The fourth-order valence-electron chi connectivity index (χ4n) is 0.191. The third-order valence-corrected chi connectivity index (χ3v) is 0.590. The fourth-order valence-corrected chi connectivity index (χ4v) is 0.285. The molecule has 1 aromatic heterocycles. The first-order chi connectivity index (χ1) is 2.89. The van der Waals surface area contributed by atoms with E-state index in [1.165, 1.54) is 6.20 Å². The minimum Gasteiger partial charge on any atom is -0.757 e. The van der Waals surface area contributed by atoms with Crippen molar-refractivity contribution in [1.29, 1.82) is 0 Å². The molecule has 1 heterocycles. The van der Waals surface area contributed by atoms with Gasteiger partial charge in [0, 0.05) is 6.20 Å². The molecule has 0 atom stereocenters. The van der Waals surface area contributed by atoms with Gasteiger partial charge in [0.25, 0.3) is 0 Å². The molecule has 0 fully saturated rings. The van der Waals surface area contributed by atoms with Crippen LogP contribution in [0.2, 0.25) is 0 Å². The zero-order valence-electron chi connectivity index (χ0n) is 4.88. The second-order valence-electron chi connectivity index (χ2n) is 0.808. The van der Waals surface area contributed by atoms with E-state index in [4.69, 9.17) is 0 Å². The molecule has 0 spiro atoms. The summed E-state index contributed by atoms with van der Waals surface area (Å²) >= 11 is 4.54. The number of nitrogens with zero attached hydrogens (tertiary/aromatic N) is 2. The molecule has 32 valence electrons. The van der Waals surface area contributed by atoms with Crippen LogP contribution in [0, 0.1) is 0 Å². The predicted molar refractivity (Wildman–Crippen MR) is 22.0 cm³/mol. The normalized spacial score (nSPS) is 6.50. The molecule has 8 heavy (non-hydrogen) atoms. The zero-order chi connectivity index (χ0) is 4.41. The van der Waals surface area contributed by atoms with Gasteiger partial charge in [-0.25, -0.2) is 0 Å². The van der Waals surface area contributed by atoms with Gasteiger partial charge in [-0.1, -0.05) is 0 Å². The maximum Gasteiger partial charge on any atom is 1.00 e. The second-order valence-corrected chi connectivity index (χ2v) is 1.23. The third-order valence-electron chi connectivity index (χ3n) is 0.393. The summed E-state index contributed by atoms with van der Waals surface area (Å²) in [5.74, 6) is 0. The molecule has 0 aliphatic rings. The first-order valence-electron chi connectivity index (χ1n) is 1.42. The van der Waals surface area contributed by atoms with E-state index < -0.39 is 0 Å². The van der Waals surface area contributed by atoms with Crippen LogP contribution in [0.3, 0.4) is 0 Å². The Hall–Kier alpha value is 1.36. The van der Waals surface area contributed by atoms with Gasteiger partial charge in [-0.15, -0.1) is 0 Å². The Morgan fingerprint density at radius 1 is 1.50 bits per heavy atom. The van der Waals surface area contributed by atoms with Crippen molar-refractivity contribution < 1.29 is 59.1 Å². The minimum atomic E-state index is 0. The van der Waals surface area contributed by atoms with Crippen LogP contribution in [-0.2, 0) is 12.6 Å². The molecule has 1 N–H and O–H groups in total. The van der Waals surface area contributed by atoms with E-state index in [-0.39, 0.29) is 59.1 Å². The van der Waals surface area contributed by atoms with E-state index in [0.29, 0.717) is 5.03 Å². The van der Waals surface area contributed by atoms with Gasteiger partial charge in [0.1, 0.15) is 0 Å². The summed E-state index contributed by atoms with van der Waals surface area (Å²) in [4.78, 5) is 0. The molecule has 6 heteroatoms. The van der Waals surface area contributed by atoms with Crippen LogP contribution in [-0.4, -0.2) is 15.4 Å². The fraction of sp³-hybridized carbons (Fsp3) is 0. The maximum absolute atomic E-state index is 4.54. The number of hydrogen-bond donors (Lipinski definition) is 1. The summed E-state index contributed by atoms with van der Waals surface area (Å²) < 4.78 is 0. The van der Waals surface area contributed by atoms with Crippen molar-refractivity contribution >= 4 is 12.6 Å². The van der Waals surface area contributed by atoms with Crippen LogP contribution in [0.25, 0.3) is 0 Å². The first-order valence-corrected chi connectivity index (χ1v) is 1.83. The predicted octanol–water partition coefficient (Wildman–Crippen LogP) is -6.28. The molecule has 0 bridgehead atoms. The minimum absolute atomic E-state index is 0. The molecule has 0 aliphatic carbocycles. The number of H-pyrrole nitrogens is 1. The van der Waals surface area contributed by atoms with Gasteiger partial charge in [-0.05, 0) is 5.03 Å². The monoisotopic (exact) mass is 146 g/mol. The molecule has 0 saturated heterocycles. The van der Waals surface area contributed by atoms with Crippen molar-refractivity contribution in [1.82, 2.24) is 15.4 Å². The molecular formula is C2H2N3Na2S+. The van der Waals surface area contributed by atoms with E-state index in [1.807, 2.05) is 0 Å². The molecule has 0 aromatic carbocycles. The van der Waals surface area contributed by atoms with E-state index in [9.17, 15) is 0 Å². The Bertz CT molecular complexity index is 119. The van der Waals surface area contributed by atoms with Crippen molar-refractivity contribution in [2.75, 3.05) is 0 Å². The molecule has 3 nitrogen and oxygen atoms in total. The van der Waals surface area contributed by atoms with Crippen LogP contribution < -0.4 is 59.1 Å². The van der Waals surface area contributed by atoms with Crippen molar-refractivity contribution in [3.63, 3.8) is 0 Å². The average molecular weight is 146 g/mol. The van der Waals surface area contributed by atoms with Crippen molar-refractivity contribution in [3.05, 3.63) is 6.20 Å². The molecule has 1 rings (SSSR count). The Balaban J connectivity index is 0. The van der Waals surface area contributed by atoms with Gasteiger partial charge in [0.2, 0.25) is 0 Å². The van der Waals surface area contributed by atoms with Crippen LogP contribution in [0.1, 0.15) is 0 Å². The Kier molecular flexibility index (Phi) is 9.78. The largest absolute Gasteiger partial charge is 1.00 e. The maximum atomic E-state index is 4.54. The molecule has 0 saturated carbocycles. The number of rotatable bonds is 0. The second kappa shape index (κ2) is 6.48. The van der Waals surface area contributed by atoms with E-state index in [2.05, 4.69) is 28.0 Å². The summed E-state index contributed by atoms with van der Waals surface area (Å²) in [5.41, 5.74) is 0. The summed E-state index contributed by atoms with van der Waals surface area (Å²) in [6.45, 7) is 0. The standard InChI is InChI=1S/C2H3N3S.2Na/c6-2-1-3-5-4-2;;/h1H,(H2,3,4,5,6);;/q;2*+1/p-1. The van der Waals surface area contributed by atoms with Crippen LogP contribution >= 0.6 is 0 Å². The van der Waals surface area contributed by atoms with Crippen LogP contribution in [0.4, 0.5) is 0 Å². The van der Waals surface area contributed by atoms with Crippen molar-refractivity contribution in [2.24, 2.45) is 0 Å². The Morgan fingerprint density at radius 2 is 2.12 bits per heavy atom. The molecular weight excluding hydrogens is 144 g/mol. The van der Waals surface area contributed by atoms with Crippen LogP contribution in [0.5, 0.6) is 0 Å². The summed E-state index contributed by atoms with van der Waals surface area (Å²) in [7, 11) is 0. The van der Waals surface area contributed by atoms with Crippen LogP contribution in [0.15, 0.2) is 11.2 Å². The number of hydrogen-bond acceptors (Lipinski definition) is 3. The molecule has 0 unspecified atom stereocenters. The third kappa shape index (κ3) is 4.26. The number of aromatic nitrogens is 3. The summed E-state index contributed by atoms with van der Waals surface area (Å²) in [6.07, 6.45) is 1.48. The number of nitrogens with one attached hydrogen (secondary N) is 1. The topological polar surface area (TPSA) is 41.6 Å². The van der Waals surface area contributed by atoms with E-state index in [0.717, 1.165) is 0 Å². The number of aromatic amines is 1.